The zero-order valence-electron chi connectivity index (χ0n) is 7.14. The monoisotopic (exact) mass is 155 g/mol. The van der Waals surface area contributed by atoms with Crippen LogP contribution in [-0.2, 0) is 0 Å². The van der Waals surface area contributed by atoms with Gasteiger partial charge in [-0.1, -0.05) is 6.92 Å². The van der Waals surface area contributed by atoms with E-state index in [-0.39, 0.29) is 5.60 Å². The Balaban J connectivity index is 2.07. The van der Waals surface area contributed by atoms with E-state index in [1.807, 2.05) is 0 Å². The molecule has 0 unspecified atom stereocenters. The van der Waals surface area contributed by atoms with Crippen LogP contribution in [0.4, 0.5) is 0 Å². The van der Waals surface area contributed by atoms with E-state index in [4.69, 9.17) is 0 Å². The molecule has 0 aromatic heterocycles. The summed E-state index contributed by atoms with van der Waals surface area (Å²) in [6.45, 7) is 2.09. The molecule has 0 radical (unpaired) electrons. The fourth-order valence-corrected chi connectivity index (χ4v) is 2.51. The Hall–Kier alpha value is -0.0800. The standard InChI is InChI=1S/C9H17NO/c1-2-9(11)5-7-3-4-8(6-9)10-7/h7-8,10-11H,2-6H2,1H3/t7-,8+,9+. The molecule has 2 heterocycles. The summed E-state index contributed by atoms with van der Waals surface area (Å²) in [4.78, 5) is 0. The van der Waals surface area contributed by atoms with Gasteiger partial charge >= 0.3 is 0 Å². The number of hydrogen-bond acceptors (Lipinski definition) is 2. The molecule has 2 saturated heterocycles. The van der Waals surface area contributed by atoms with Crippen LogP contribution in [0.1, 0.15) is 39.0 Å². The van der Waals surface area contributed by atoms with E-state index in [0.29, 0.717) is 12.1 Å². The van der Waals surface area contributed by atoms with Gasteiger partial charge in [0.25, 0.3) is 0 Å². The molecule has 11 heavy (non-hydrogen) atoms. The summed E-state index contributed by atoms with van der Waals surface area (Å²) in [5.41, 5.74) is -0.336. The number of nitrogens with one attached hydrogen (secondary N) is 1. The summed E-state index contributed by atoms with van der Waals surface area (Å²) >= 11 is 0. The molecule has 2 fully saturated rings. The highest BCUT2D eigenvalue weighted by molar-refractivity contribution is 4.99. The largest absolute Gasteiger partial charge is 0.390 e. The molecule has 64 valence electrons. The molecule has 0 saturated carbocycles. The summed E-state index contributed by atoms with van der Waals surface area (Å²) in [7, 11) is 0. The predicted molar refractivity (Wildman–Crippen MR) is 44.4 cm³/mol. The molecule has 0 aromatic carbocycles. The van der Waals surface area contributed by atoms with Crippen LogP contribution in [0.2, 0.25) is 0 Å². The Morgan fingerprint density at radius 2 is 1.91 bits per heavy atom. The molecule has 0 amide bonds. The van der Waals surface area contributed by atoms with E-state index in [2.05, 4.69) is 12.2 Å². The fourth-order valence-electron chi connectivity index (χ4n) is 2.51. The minimum atomic E-state index is -0.336. The van der Waals surface area contributed by atoms with Crippen molar-refractivity contribution in [2.24, 2.45) is 0 Å². The van der Waals surface area contributed by atoms with Crippen LogP contribution >= 0.6 is 0 Å². The first-order valence-electron chi connectivity index (χ1n) is 4.70. The van der Waals surface area contributed by atoms with Crippen molar-refractivity contribution in [3.8, 4) is 0 Å². The number of piperidine rings is 1. The predicted octanol–water partition coefficient (Wildman–Crippen LogP) is 1.04. The van der Waals surface area contributed by atoms with Gasteiger partial charge in [-0.2, -0.15) is 0 Å². The molecule has 2 aliphatic heterocycles. The summed E-state index contributed by atoms with van der Waals surface area (Å²) in [6, 6.07) is 1.22. The average molecular weight is 155 g/mol. The van der Waals surface area contributed by atoms with Gasteiger partial charge < -0.3 is 10.4 Å². The molecule has 2 nitrogen and oxygen atoms in total. The van der Waals surface area contributed by atoms with Gasteiger partial charge in [0.05, 0.1) is 5.60 Å². The van der Waals surface area contributed by atoms with Crippen LogP contribution in [0.5, 0.6) is 0 Å². The molecule has 0 spiro atoms. The number of aliphatic hydroxyl groups is 1. The minimum absolute atomic E-state index is 0.336. The zero-order valence-corrected chi connectivity index (χ0v) is 7.14. The van der Waals surface area contributed by atoms with E-state index in [0.717, 1.165) is 19.3 Å². The van der Waals surface area contributed by atoms with Crippen molar-refractivity contribution in [3.05, 3.63) is 0 Å². The van der Waals surface area contributed by atoms with Gasteiger partial charge in [-0.05, 0) is 32.1 Å². The summed E-state index contributed by atoms with van der Waals surface area (Å²) in [6.07, 6.45) is 5.40. The van der Waals surface area contributed by atoms with Crippen LogP contribution in [-0.4, -0.2) is 22.8 Å². The second-order valence-electron chi connectivity index (χ2n) is 4.12. The highest BCUT2D eigenvalue weighted by Gasteiger charge is 2.40. The molecule has 2 rings (SSSR count). The van der Waals surface area contributed by atoms with E-state index in [9.17, 15) is 5.11 Å². The second kappa shape index (κ2) is 2.46. The summed E-state index contributed by atoms with van der Waals surface area (Å²) in [5.74, 6) is 0. The van der Waals surface area contributed by atoms with Gasteiger partial charge in [0.1, 0.15) is 0 Å². The lowest BCUT2D eigenvalue weighted by atomic mass is 9.85. The minimum Gasteiger partial charge on any atom is -0.390 e. The Bertz CT molecular complexity index is 146. The summed E-state index contributed by atoms with van der Waals surface area (Å²) in [5, 5.41) is 13.5. The van der Waals surface area contributed by atoms with Crippen molar-refractivity contribution in [2.45, 2.75) is 56.7 Å². The maximum absolute atomic E-state index is 10.0. The third-order valence-electron chi connectivity index (χ3n) is 3.25. The lowest BCUT2D eigenvalue weighted by Crippen LogP contribution is -2.48. The Kier molecular flexibility index (Phi) is 1.69. The molecule has 2 N–H and O–H groups in total. The molecule has 3 atom stereocenters. The van der Waals surface area contributed by atoms with Crippen LogP contribution in [0.15, 0.2) is 0 Å². The van der Waals surface area contributed by atoms with Crippen LogP contribution in [0, 0.1) is 0 Å². The van der Waals surface area contributed by atoms with Gasteiger partial charge in [-0.25, -0.2) is 0 Å². The lowest BCUT2D eigenvalue weighted by Gasteiger charge is -2.36. The van der Waals surface area contributed by atoms with Crippen molar-refractivity contribution < 1.29 is 5.11 Å². The first-order chi connectivity index (χ1) is 5.22. The van der Waals surface area contributed by atoms with E-state index >= 15 is 0 Å². The highest BCUT2D eigenvalue weighted by atomic mass is 16.3. The van der Waals surface area contributed by atoms with E-state index in [1.54, 1.807) is 0 Å². The second-order valence-corrected chi connectivity index (χ2v) is 4.12. The molecule has 2 bridgehead atoms. The molecule has 0 aliphatic carbocycles. The Morgan fingerprint density at radius 3 is 2.36 bits per heavy atom. The fraction of sp³-hybridized carbons (Fsp3) is 1.00. The topological polar surface area (TPSA) is 32.3 Å². The smallest absolute Gasteiger partial charge is 0.0674 e. The van der Waals surface area contributed by atoms with Crippen molar-refractivity contribution in [3.63, 3.8) is 0 Å². The Morgan fingerprint density at radius 1 is 1.36 bits per heavy atom. The normalized spacial score (nSPS) is 49.6. The molecule has 0 aromatic rings. The lowest BCUT2D eigenvalue weighted by molar-refractivity contribution is -0.00973. The first-order valence-corrected chi connectivity index (χ1v) is 4.70. The maximum atomic E-state index is 10.0. The SMILES string of the molecule is CC[C@]1(O)C[C@H]2CC[C@@H](C1)N2. The van der Waals surface area contributed by atoms with Gasteiger partial charge in [-0.15, -0.1) is 0 Å². The van der Waals surface area contributed by atoms with Crippen molar-refractivity contribution in [1.82, 2.24) is 5.32 Å². The molecule has 2 aliphatic rings. The van der Waals surface area contributed by atoms with Crippen LogP contribution < -0.4 is 5.32 Å². The van der Waals surface area contributed by atoms with E-state index < -0.39 is 0 Å². The zero-order chi connectivity index (χ0) is 7.90. The summed E-state index contributed by atoms with van der Waals surface area (Å²) < 4.78 is 0. The molecule has 2 heteroatoms. The van der Waals surface area contributed by atoms with Crippen molar-refractivity contribution >= 4 is 0 Å². The average Bonchev–Trinajstić information content (AvgIpc) is 2.31. The number of hydrogen-bond donors (Lipinski definition) is 2. The van der Waals surface area contributed by atoms with Gasteiger partial charge in [-0.3, -0.25) is 0 Å². The maximum Gasteiger partial charge on any atom is 0.0674 e. The van der Waals surface area contributed by atoms with Crippen LogP contribution in [0.3, 0.4) is 0 Å². The van der Waals surface area contributed by atoms with Gasteiger partial charge in [0.15, 0.2) is 0 Å². The van der Waals surface area contributed by atoms with Crippen LogP contribution in [0.25, 0.3) is 0 Å². The first kappa shape index (κ1) is 7.56. The van der Waals surface area contributed by atoms with Crippen molar-refractivity contribution in [2.75, 3.05) is 0 Å². The third kappa shape index (κ3) is 1.30. The quantitative estimate of drug-likeness (QED) is 0.593. The molecular weight excluding hydrogens is 138 g/mol. The molecular formula is C9H17NO. The highest BCUT2D eigenvalue weighted by Crippen LogP contribution is 2.35. The van der Waals surface area contributed by atoms with Crippen molar-refractivity contribution in [1.29, 1.82) is 0 Å². The van der Waals surface area contributed by atoms with Gasteiger partial charge in [0.2, 0.25) is 0 Å². The Labute approximate surface area is 68.0 Å². The number of fused-ring (bicyclic) bond motifs is 2. The third-order valence-corrected chi connectivity index (χ3v) is 3.25. The van der Waals surface area contributed by atoms with E-state index in [1.165, 1.54) is 12.8 Å². The van der Waals surface area contributed by atoms with Gasteiger partial charge in [0, 0.05) is 12.1 Å². The number of rotatable bonds is 1.